The van der Waals surface area contributed by atoms with Gasteiger partial charge in [-0.2, -0.15) is 0 Å². The third-order valence-corrected chi connectivity index (χ3v) is 5.55. The summed E-state index contributed by atoms with van der Waals surface area (Å²) in [5.74, 6) is -0.351. The second-order valence-corrected chi connectivity index (χ2v) is 7.98. The molecule has 3 rings (SSSR count). The summed E-state index contributed by atoms with van der Waals surface area (Å²) in [6, 6.07) is 15.9. The van der Waals surface area contributed by atoms with Gasteiger partial charge in [-0.1, -0.05) is 30.3 Å². The zero-order chi connectivity index (χ0) is 20.6. The molecular formula is C22H23N3O2S2. The highest BCUT2D eigenvalue weighted by molar-refractivity contribution is 7.80. The van der Waals surface area contributed by atoms with Crippen molar-refractivity contribution >= 4 is 39.6 Å². The van der Waals surface area contributed by atoms with Crippen LogP contribution >= 0.6 is 23.6 Å². The minimum Gasteiger partial charge on any atom is -0.462 e. The van der Waals surface area contributed by atoms with E-state index in [4.69, 9.17) is 17.0 Å². The van der Waals surface area contributed by atoms with Crippen molar-refractivity contribution in [2.75, 3.05) is 11.9 Å². The number of nitrogens with zero attached hydrogens (tertiary/aromatic N) is 1. The van der Waals surface area contributed by atoms with E-state index in [1.54, 1.807) is 19.3 Å². The highest BCUT2D eigenvalue weighted by Crippen LogP contribution is 2.31. The first-order valence-electron chi connectivity index (χ1n) is 9.38. The van der Waals surface area contributed by atoms with Crippen molar-refractivity contribution in [2.24, 2.45) is 0 Å². The number of thiocarbonyl (C=S) groups is 1. The predicted molar refractivity (Wildman–Crippen MR) is 122 cm³/mol. The number of pyridine rings is 1. The number of rotatable bonds is 7. The normalized spacial score (nSPS) is 11.5. The number of thiophene rings is 1. The minimum atomic E-state index is -0.351. The van der Waals surface area contributed by atoms with Gasteiger partial charge in [-0.3, -0.25) is 4.98 Å². The Morgan fingerprint density at radius 1 is 1.21 bits per heavy atom. The number of esters is 1. The maximum Gasteiger partial charge on any atom is 0.341 e. The Bertz CT molecular complexity index is 959. The van der Waals surface area contributed by atoms with Crippen molar-refractivity contribution in [2.45, 2.75) is 26.3 Å². The van der Waals surface area contributed by atoms with Gasteiger partial charge in [0.15, 0.2) is 5.11 Å². The molecule has 1 aromatic carbocycles. The molecule has 0 aliphatic carbocycles. The van der Waals surface area contributed by atoms with Crippen molar-refractivity contribution in [3.63, 3.8) is 0 Å². The molecular weight excluding hydrogens is 402 g/mol. The Kier molecular flexibility index (Phi) is 7.32. The van der Waals surface area contributed by atoms with Crippen LogP contribution in [0.1, 0.15) is 46.3 Å². The highest BCUT2D eigenvalue weighted by atomic mass is 32.1. The van der Waals surface area contributed by atoms with Gasteiger partial charge in [0, 0.05) is 23.7 Å². The molecule has 0 bridgehead atoms. The summed E-state index contributed by atoms with van der Waals surface area (Å²) in [6.45, 7) is 4.14. The summed E-state index contributed by atoms with van der Waals surface area (Å²) in [4.78, 5) is 17.5. The van der Waals surface area contributed by atoms with Crippen LogP contribution in [0.25, 0.3) is 0 Å². The van der Waals surface area contributed by atoms with Crippen molar-refractivity contribution in [1.82, 2.24) is 10.3 Å². The molecule has 150 valence electrons. The largest absolute Gasteiger partial charge is 0.462 e. The number of carbonyl (C=O) groups excluding carboxylic acids is 1. The number of nitrogens with one attached hydrogen (secondary N) is 2. The number of aromatic nitrogens is 1. The summed E-state index contributed by atoms with van der Waals surface area (Å²) >= 11 is 6.99. The Balaban J connectivity index is 1.75. The third-order valence-electron chi connectivity index (χ3n) is 4.28. The summed E-state index contributed by atoms with van der Waals surface area (Å²) < 4.78 is 5.22. The Morgan fingerprint density at radius 2 is 1.93 bits per heavy atom. The molecule has 0 amide bonds. The zero-order valence-corrected chi connectivity index (χ0v) is 18.0. The maximum absolute atomic E-state index is 12.4. The van der Waals surface area contributed by atoms with Crippen molar-refractivity contribution in [3.05, 3.63) is 82.5 Å². The quantitative estimate of drug-likeness (QED) is 0.412. The van der Waals surface area contributed by atoms with Gasteiger partial charge in [0.2, 0.25) is 0 Å². The lowest BCUT2D eigenvalue weighted by Gasteiger charge is -2.17. The smallest absolute Gasteiger partial charge is 0.341 e. The number of carbonyl (C=O) groups is 1. The lowest BCUT2D eigenvalue weighted by molar-refractivity contribution is 0.0528. The van der Waals surface area contributed by atoms with Gasteiger partial charge >= 0.3 is 5.97 Å². The molecule has 7 heteroatoms. The Morgan fingerprint density at radius 3 is 2.62 bits per heavy atom. The van der Waals surface area contributed by atoms with Crippen LogP contribution in [0.2, 0.25) is 0 Å². The molecule has 0 radical (unpaired) electrons. The van der Waals surface area contributed by atoms with E-state index < -0.39 is 0 Å². The average molecular weight is 426 g/mol. The standard InChI is InChI=1S/C22H23N3O2S2/c1-3-27-21(26)19-14-18(13-16-7-5-4-6-8-16)29-20(19)25-22(28)24-15(2)17-9-11-23-12-10-17/h4-12,14-15H,3,13H2,1-2H3,(H2,24,25,28)/t15-/m1/s1. The molecule has 29 heavy (non-hydrogen) atoms. The molecule has 2 N–H and O–H groups in total. The molecule has 0 aliphatic rings. The molecule has 0 spiro atoms. The number of hydrogen-bond donors (Lipinski definition) is 2. The van der Waals surface area contributed by atoms with Crippen molar-refractivity contribution in [3.8, 4) is 0 Å². The highest BCUT2D eigenvalue weighted by Gasteiger charge is 2.19. The van der Waals surface area contributed by atoms with E-state index in [0.717, 1.165) is 16.9 Å². The van der Waals surface area contributed by atoms with E-state index in [1.807, 2.05) is 43.3 Å². The van der Waals surface area contributed by atoms with Gasteiger partial charge in [0.25, 0.3) is 0 Å². The monoisotopic (exact) mass is 425 g/mol. The van der Waals surface area contributed by atoms with Crippen LogP contribution in [-0.4, -0.2) is 22.7 Å². The SMILES string of the molecule is CCOC(=O)c1cc(Cc2ccccc2)sc1NC(=S)N[C@H](C)c1ccncc1. The summed E-state index contributed by atoms with van der Waals surface area (Å²) in [5, 5.41) is 7.57. The van der Waals surface area contributed by atoms with Gasteiger partial charge in [-0.05, 0) is 55.4 Å². The minimum absolute atomic E-state index is 0.00722. The van der Waals surface area contributed by atoms with E-state index in [2.05, 4.69) is 27.8 Å². The Hall–Kier alpha value is -2.77. The van der Waals surface area contributed by atoms with Gasteiger partial charge in [0.05, 0.1) is 18.2 Å². The first kappa shape index (κ1) is 21.0. The van der Waals surface area contributed by atoms with E-state index >= 15 is 0 Å². The first-order valence-corrected chi connectivity index (χ1v) is 10.6. The number of hydrogen-bond acceptors (Lipinski definition) is 5. The molecule has 0 saturated heterocycles. The van der Waals surface area contributed by atoms with Gasteiger partial charge in [-0.15, -0.1) is 11.3 Å². The molecule has 2 heterocycles. The molecule has 1 atom stereocenters. The van der Waals surface area contributed by atoms with Crippen LogP contribution < -0.4 is 10.6 Å². The van der Waals surface area contributed by atoms with Gasteiger partial charge in [-0.25, -0.2) is 4.79 Å². The average Bonchev–Trinajstić information content (AvgIpc) is 3.11. The van der Waals surface area contributed by atoms with Crippen LogP contribution in [0.5, 0.6) is 0 Å². The molecule has 3 aromatic rings. The topological polar surface area (TPSA) is 63.2 Å². The number of benzene rings is 1. The number of anilines is 1. The van der Waals surface area contributed by atoms with Crippen molar-refractivity contribution in [1.29, 1.82) is 0 Å². The molecule has 0 aliphatic heterocycles. The summed E-state index contributed by atoms with van der Waals surface area (Å²) in [5.41, 5.74) is 2.76. The van der Waals surface area contributed by atoms with E-state index in [1.165, 1.54) is 16.9 Å². The second-order valence-electron chi connectivity index (χ2n) is 6.44. The predicted octanol–water partition coefficient (Wildman–Crippen LogP) is 4.96. The Labute approximate surface area is 180 Å². The fourth-order valence-corrected chi connectivity index (χ4v) is 4.28. The van der Waals surface area contributed by atoms with E-state index in [9.17, 15) is 4.79 Å². The van der Waals surface area contributed by atoms with Crippen LogP contribution in [0, 0.1) is 0 Å². The molecule has 0 saturated carbocycles. The zero-order valence-electron chi connectivity index (χ0n) is 16.3. The van der Waals surface area contributed by atoms with Crippen LogP contribution in [0.15, 0.2) is 60.9 Å². The van der Waals surface area contributed by atoms with Gasteiger partial charge < -0.3 is 15.4 Å². The van der Waals surface area contributed by atoms with Crippen LogP contribution in [0.4, 0.5) is 5.00 Å². The molecule has 2 aromatic heterocycles. The fraction of sp³-hybridized carbons (Fsp3) is 0.227. The van der Waals surface area contributed by atoms with E-state index in [-0.39, 0.29) is 12.0 Å². The molecule has 5 nitrogen and oxygen atoms in total. The van der Waals surface area contributed by atoms with Crippen LogP contribution in [0.3, 0.4) is 0 Å². The lowest BCUT2D eigenvalue weighted by Crippen LogP contribution is -2.31. The number of ether oxygens (including phenoxy) is 1. The van der Waals surface area contributed by atoms with Gasteiger partial charge in [0.1, 0.15) is 5.00 Å². The third kappa shape index (κ3) is 5.85. The lowest BCUT2D eigenvalue weighted by atomic mass is 10.1. The summed E-state index contributed by atoms with van der Waals surface area (Å²) in [7, 11) is 0. The second kappa shape index (κ2) is 10.1. The maximum atomic E-state index is 12.4. The van der Waals surface area contributed by atoms with Crippen molar-refractivity contribution < 1.29 is 9.53 Å². The first-order chi connectivity index (χ1) is 14.1. The molecule has 0 fully saturated rings. The van der Waals surface area contributed by atoms with Crippen LogP contribution in [-0.2, 0) is 11.2 Å². The molecule has 0 unspecified atom stereocenters. The summed E-state index contributed by atoms with van der Waals surface area (Å²) in [6.07, 6.45) is 4.24. The van der Waals surface area contributed by atoms with E-state index in [0.29, 0.717) is 22.3 Å². The fourth-order valence-electron chi connectivity index (χ4n) is 2.85.